The molecule has 1 aliphatic rings. The van der Waals surface area contributed by atoms with Crippen LogP contribution in [0.5, 0.6) is 0 Å². The Bertz CT molecular complexity index is 573. The average molecular weight is 293 g/mol. The predicted molar refractivity (Wildman–Crippen MR) is 76.6 cm³/mol. The van der Waals surface area contributed by atoms with Crippen molar-refractivity contribution >= 4 is 11.8 Å². The smallest absolute Gasteiger partial charge is 0.191 e. The molecule has 2 aromatic heterocycles. The van der Waals surface area contributed by atoms with Crippen LogP contribution in [0.2, 0.25) is 0 Å². The third kappa shape index (κ3) is 2.88. The lowest BCUT2D eigenvalue weighted by Gasteiger charge is -2.21. The number of aromatic nitrogens is 4. The van der Waals surface area contributed by atoms with E-state index in [0.717, 1.165) is 35.5 Å². The van der Waals surface area contributed by atoms with Crippen molar-refractivity contribution in [2.24, 2.45) is 7.05 Å². The standard InChI is InChI=1S/C13H19N5OS/c1-9-15-11(7-19-9)8-20-13-17-16-12(18(13)2)10-4-3-5-14-6-10/h7,10,14H,3-6,8H2,1-2H3/t10-/m1/s1. The van der Waals surface area contributed by atoms with Gasteiger partial charge in [0.15, 0.2) is 11.0 Å². The van der Waals surface area contributed by atoms with Gasteiger partial charge in [0.05, 0.1) is 5.69 Å². The molecular weight excluding hydrogens is 274 g/mol. The first-order valence-electron chi connectivity index (χ1n) is 6.88. The summed E-state index contributed by atoms with van der Waals surface area (Å²) in [6, 6.07) is 0. The van der Waals surface area contributed by atoms with Gasteiger partial charge in [0.25, 0.3) is 0 Å². The molecule has 1 atom stereocenters. The maximum atomic E-state index is 5.21. The summed E-state index contributed by atoms with van der Waals surface area (Å²) in [5.41, 5.74) is 0.941. The van der Waals surface area contributed by atoms with E-state index in [2.05, 4.69) is 25.1 Å². The summed E-state index contributed by atoms with van der Waals surface area (Å²) in [5.74, 6) is 3.01. The lowest BCUT2D eigenvalue weighted by atomic mass is 9.99. The summed E-state index contributed by atoms with van der Waals surface area (Å²) in [6.07, 6.45) is 4.09. The van der Waals surface area contributed by atoms with Crippen molar-refractivity contribution < 1.29 is 4.42 Å². The van der Waals surface area contributed by atoms with Crippen molar-refractivity contribution in [1.29, 1.82) is 0 Å². The summed E-state index contributed by atoms with van der Waals surface area (Å²) < 4.78 is 7.31. The van der Waals surface area contributed by atoms with E-state index < -0.39 is 0 Å². The summed E-state index contributed by atoms with van der Waals surface area (Å²) in [6.45, 7) is 3.96. The lowest BCUT2D eigenvalue weighted by Crippen LogP contribution is -2.29. The summed E-state index contributed by atoms with van der Waals surface area (Å²) >= 11 is 1.64. The second-order valence-electron chi connectivity index (χ2n) is 5.09. The summed E-state index contributed by atoms with van der Waals surface area (Å²) in [7, 11) is 2.04. The van der Waals surface area contributed by atoms with Gasteiger partial charge in [-0.25, -0.2) is 4.98 Å². The highest BCUT2D eigenvalue weighted by Crippen LogP contribution is 2.26. The van der Waals surface area contributed by atoms with Crippen molar-refractivity contribution in [1.82, 2.24) is 25.1 Å². The third-order valence-electron chi connectivity index (χ3n) is 3.55. The van der Waals surface area contributed by atoms with Gasteiger partial charge in [0.1, 0.15) is 12.1 Å². The first-order valence-corrected chi connectivity index (χ1v) is 7.86. The molecule has 0 unspecified atom stereocenters. The molecule has 3 rings (SSSR count). The molecule has 0 saturated carbocycles. The Labute approximate surface area is 122 Å². The number of rotatable bonds is 4. The number of nitrogens with one attached hydrogen (secondary N) is 1. The van der Waals surface area contributed by atoms with Gasteiger partial charge in [-0.1, -0.05) is 11.8 Å². The number of hydrogen-bond acceptors (Lipinski definition) is 6. The Morgan fingerprint density at radius 2 is 2.40 bits per heavy atom. The quantitative estimate of drug-likeness (QED) is 0.868. The van der Waals surface area contributed by atoms with Crippen LogP contribution in [0.25, 0.3) is 0 Å². The molecule has 108 valence electrons. The first-order chi connectivity index (χ1) is 9.74. The molecule has 1 fully saturated rings. The fraction of sp³-hybridized carbons (Fsp3) is 0.615. The molecule has 20 heavy (non-hydrogen) atoms. The van der Waals surface area contributed by atoms with E-state index in [-0.39, 0.29) is 0 Å². The van der Waals surface area contributed by atoms with E-state index in [1.165, 1.54) is 12.8 Å². The molecule has 1 N–H and O–H groups in total. The zero-order valence-electron chi connectivity index (χ0n) is 11.8. The van der Waals surface area contributed by atoms with E-state index >= 15 is 0 Å². The van der Waals surface area contributed by atoms with E-state index in [1.54, 1.807) is 18.0 Å². The SMILES string of the molecule is Cc1nc(CSc2nnc([C@@H]3CCCNC3)n2C)co1. The molecule has 7 heteroatoms. The van der Waals surface area contributed by atoms with Crippen LogP contribution in [-0.4, -0.2) is 32.8 Å². The number of nitrogens with zero attached hydrogens (tertiary/aromatic N) is 4. The molecular formula is C13H19N5OS. The highest BCUT2D eigenvalue weighted by Gasteiger charge is 2.21. The van der Waals surface area contributed by atoms with E-state index in [0.29, 0.717) is 11.8 Å². The Hall–Kier alpha value is -1.34. The Morgan fingerprint density at radius 1 is 1.50 bits per heavy atom. The van der Waals surface area contributed by atoms with Gasteiger partial charge < -0.3 is 14.3 Å². The van der Waals surface area contributed by atoms with Crippen molar-refractivity contribution in [2.75, 3.05) is 13.1 Å². The van der Waals surface area contributed by atoms with Crippen LogP contribution >= 0.6 is 11.8 Å². The zero-order valence-corrected chi connectivity index (χ0v) is 12.6. The molecule has 1 saturated heterocycles. The predicted octanol–water partition coefficient (Wildman–Crippen LogP) is 1.87. The van der Waals surface area contributed by atoms with E-state index in [1.807, 2.05) is 14.0 Å². The summed E-state index contributed by atoms with van der Waals surface area (Å²) in [5, 5.41) is 13.0. The molecule has 1 aliphatic heterocycles. The highest BCUT2D eigenvalue weighted by molar-refractivity contribution is 7.98. The monoisotopic (exact) mass is 293 g/mol. The van der Waals surface area contributed by atoms with Crippen molar-refractivity contribution in [2.45, 2.75) is 36.6 Å². The van der Waals surface area contributed by atoms with Crippen LogP contribution in [0.15, 0.2) is 15.8 Å². The highest BCUT2D eigenvalue weighted by atomic mass is 32.2. The Balaban J connectivity index is 1.66. The second-order valence-corrected chi connectivity index (χ2v) is 6.03. The van der Waals surface area contributed by atoms with Crippen molar-refractivity contribution in [3.8, 4) is 0 Å². The van der Waals surface area contributed by atoms with Crippen LogP contribution < -0.4 is 5.32 Å². The van der Waals surface area contributed by atoms with Gasteiger partial charge in [0, 0.05) is 32.2 Å². The Morgan fingerprint density at radius 3 is 3.10 bits per heavy atom. The van der Waals surface area contributed by atoms with Crippen LogP contribution in [0.3, 0.4) is 0 Å². The minimum atomic E-state index is 0.477. The molecule has 0 amide bonds. The second kappa shape index (κ2) is 5.97. The number of aryl methyl sites for hydroxylation is 1. The van der Waals surface area contributed by atoms with Gasteiger partial charge in [-0.15, -0.1) is 10.2 Å². The van der Waals surface area contributed by atoms with Crippen LogP contribution in [0.1, 0.15) is 36.2 Å². The number of oxazole rings is 1. The average Bonchev–Trinajstić information content (AvgIpc) is 3.04. The van der Waals surface area contributed by atoms with Gasteiger partial charge in [-0.3, -0.25) is 0 Å². The minimum Gasteiger partial charge on any atom is -0.449 e. The van der Waals surface area contributed by atoms with Gasteiger partial charge in [-0.05, 0) is 19.4 Å². The van der Waals surface area contributed by atoms with Crippen LogP contribution in [0, 0.1) is 6.92 Å². The molecule has 0 spiro atoms. The molecule has 2 aromatic rings. The third-order valence-corrected chi connectivity index (χ3v) is 4.60. The molecule has 0 radical (unpaired) electrons. The molecule has 3 heterocycles. The molecule has 0 bridgehead atoms. The number of piperidine rings is 1. The van der Waals surface area contributed by atoms with Crippen LogP contribution in [-0.2, 0) is 12.8 Å². The largest absolute Gasteiger partial charge is 0.449 e. The zero-order chi connectivity index (χ0) is 13.9. The fourth-order valence-corrected chi connectivity index (χ4v) is 3.29. The molecule has 0 aliphatic carbocycles. The lowest BCUT2D eigenvalue weighted by molar-refractivity contribution is 0.436. The first kappa shape index (κ1) is 13.6. The number of thioether (sulfide) groups is 1. The minimum absolute atomic E-state index is 0.477. The summed E-state index contributed by atoms with van der Waals surface area (Å²) in [4.78, 5) is 4.30. The van der Waals surface area contributed by atoms with Gasteiger partial charge >= 0.3 is 0 Å². The van der Waals surface area contributed by atoms with E-state index in [4.69, 9.17) is 4.42 Å². The van der Waals surface area contributed by atoms with Crippen molar-refractivity contribution in [3.05, 3.63) is 23.7 Å². The normalized spacial score (nSPS) is 19.4. The van der Waals surface area contributed by atoms with Gasteiger partial charge in [-0.2, -0.15) is 0 Å². The van der Waals surface area contributed by atoms with Crippen molar-refractivity contribution in [3.63, 3.8) is 0 Å². The van der Waals surface area contributed by atoms with Crippen LogP contribution in [0.4, 0.5) is 0 Å². The molecule has 6 nitrogen and oxygen atoms in total. The Kier molecular flexibility index (Phi) is 4.07. The maximum Gasteiger partial charge on any atom is 0.191 e. The fourth-order valence-electron chi connectivity index (χ4n) is 2.49. The van der Waals surface area contributed by atoms with E-state index in [9.17, 15) is 0 Å². The molecule has 0 aromatic carbocycles. The topological polar surface area (TPSA) is 68.8 Å². The maximum absolute atomic E-state index is 5.21. The number of hydrogen-bond donors (Lipinski definition) is 1. The van der Waals surface area contributed by atoms with Gasteiger partial charge in [0.2, 0.25) is 0 Å².